The van der Waals surface area contributed by atoms with Gasteiger partial charge in [-0.25, -0.2) is 0 Å². The summed E-state index contributed by atoms with van der Waals surface area (Å²) in [5.74, 6) is -1.20. The van der Waals surface area contributed by atoms with Crippen molar-refractivity contribution in [2.75, 3.05) is 13.2 Å². The van der Waals surface area contributed by atoms with E-state index in [1.807, 2.05) is 0 Å². The average Bonchev–Trinajstić information content (AvgIpc) is 2.21. The number of nitrogens with zero attached hydrogens (tertiary/aromatic N) is 1. The van der Waals surface area contributed by atoms with E-state index in [-0.39, 0.29) is 37.9 Å². The molecule has 6 heteroatoms. The first-order valence-corrected chi connectivity index (χ1v) is 5.95. The summed E-state index contributed by atoms with van der Waals surface area (Å²) in [5.41, 5.74) is 5.68. The van der Waals surface area contributed by atoms with Crippen LogP contribution in [0.3, 0.4) is 0 Å². The van der Waals surface area contributed by atoms with Gasteiger partial charge in [0.15, 0.2) is 0 Å². The molecule has 1 unspecified atom stereocenters. The highest BCUT2D eigenvalue weighted by Gasteiger charge is 2.31. The number of amides is 1. The number of aliphatic hydroxyl groups is 1. The van der Waals surface area contributed by atoms with Gasteiger partial charge in [-0.3, -0.25) is 9.59 Å². The summed E-state index contributed by atoms with van der Waals surface area (Å²) >= 11 is 0. The van der Waals surface area contributed by atoms with Crippen LogP contribution in [0.5, 0.6) is 0 Å². The van der Waals surface area contributed by atoms with Crippen LogP contribution in [0.2, 0.25) is 0 Å². The van der Waals surface area contributed by atoms with E-state index in [4.69, 9.17) is 15.9 Å². The lowest BCUT2D eigenvalue weighted by Crippen LogP contribution is -2.52. The highest BCUT2D eigenvalue weighted by Crippen LogP contribution is 2.25. The van der Waals surface area contributed by atoms with Crippen LogP contribution in [0, 0.1) is 0 Å². The van der Waals surface area contributed by atoms with Crippen molar-refractivity contribution in [3.63, 3.8) is 0 Å². The van der Waals surface area contributed by atoms with Gasteiger partial charge in [0.25, 0.3) is 0 Å². The van der Waals surface area contributed by atoms with Gasteiger partial charge in [0.05, 0.1) is 12.6 Å². The van der Waals surface area contributed by atoms with Crippen LogP contribution in [-0.4, -0.2) is 52.2 Å². The standard InChI is InChI=1S/C11H20N2O4/c12-9(4-5-10(15)16)11(17)13(6-7-14)8-2-1-3-8/h8-9,14H,1-7,12H2,(H,15,16). The van der Waals surface area contributed by atoms with E-state index >= 15 is 0 Å². The van der Waals surface area contributed by atoms with E-state index in [1.165, 1.54) is 0 Å². The molecule has 1 aliphatic carbocycles. The molecule has 1 fully saturated rings. The molecule has 1 atom stereocenters. The summed E-state index contributed by atoms with van der Waals surface area (Å²) in [6.07, 6.45) is 3.01. The first-order chi connectivity index (χ1) is 8.06. The zero-order valence-corrected chi connectivity index (χ0v) is 9.84. The molecule has 0 bridgehead atoms. The van der Waals surface area contributed by atoms with E-state index in [2.05, 4.69) is 0 Å². The fourth-order valence-electron chi connectivity index (χ4n) is 1.89. The van der Waals surface area contributed by atoms with Gasteiger partial charge in [-0.2, -0.15) is 0 Å². The molecule has 0 radical (unpaired) electrons. The maximum Gasteiger partial charge on any atom is 0.303 e. The van der Waals surface area contributed by atoms with Crippen molar-refractivity contribution in [2.24, 2.45) is 5.73 Å². The minimum Gasteiger partial charge on any atom is -0.481 e. The van der Waals surface area contributed by atoms with E-state index in [9.17, 15) is 9.59 Å². The number of rotatable bonds is 7. The highest BCUT2D eigenvalue weighted by molar-refractivity contribution is 5.82. The number of nitrogens with two attached hydrogens (primary N) is 1. The molecular formula is C11H20N2O4. The Morgan fingerprint density at radius 2 is 2.06 bits per heavy atom. The van der Waals surface area contributed by atoms with Gasteiger partial charge in [-0.05, 0) is 25.7 Å². The molecule has 0 saturated heterocycles. The van der Waals surface area contributed by atoms with E-state index in [0.29, 0.717) is 0 Å². The summed E-state index contributed by atoms with van der Waals surface area (Å²) in [6, 6.07) is -0.608. The van der Waals surface area contributed by atoms with Gasteiger partial charge >= 0.3 is 5.97 Å². The van der Waals surface area contributed by atoms with Crippen molar-refractivity contribution in [1.29, 1.82) is 0 Å². The van der Waals surface area contributed by atoms with E-state index < -0.39 is 12.0 Å². The first-order valence-electron chi connectivity index (χ1n) is 5.95. The SMILES string of the molecule is NC(CCC(=O)O)C(=O)N(CCO)C1CCC1. The summed E-state index contributed by atoms with van der Waals surface area (Å²) in [5, 5.41) is 17.5. The number of hydrogen-bond acceptors (Lipinski definition) is 4. The van der Waals surface area contributed by atoms with Crippen molar-refractivity contribution >= 4 is 11.9 Å². The predicted molar refractivity (Wildman–Crippen MR) is 61.3 cm³/mol. The lowest BCUT2D eigenvalue weighted by atomic mass is 9.90. The van der Waals surface area contributed by atoms with Crippen LogP contribution >= 0.6 is 0 Å². The van der Waals surface area contributed by atoms with Crippen molar-refractivity contribution in [3.8, 4) is 0 Å². The first kappa shape index (κ1) is 13.9. The van der Waals surface area contributed by atoms with Crippen LogP contribution in [0.25, 0.3) is 0 Å². The second kappa shape index (κ2) is 6.56. The molecule has 1 aliphatic rings. The number of hydrogen-bond donors (Lipinski definition) is 3. The molecule has 0 aliphatic heterocycles. The summed E-state index contributed by atoms with van der Waals surface area (Å²) in [6.45, 7) is 0.193. The largest absolute Gasteiger partial charge is 0.481 e. The monoisotopic (exact) mass is 244 g/mol. The van der Waals surface area contributed by atoms with E-state index in [0.717, 1.165) is 19.3 Å². The second-order valence-electron chi connectivity index (χ2n) is 4.38. The Hall–Kier alpha value is -1.14. The van der Waals surface area contributed by atoms with Crippen LogP contribution in [0.4, 0.5) is 0 Å². The smallest absolute Gasteiger partial charge is 0.303 e. The zero-order valence-electron chi connectivity index (χ0n) is 9.84. The van der Waals surface area contributed by atoms with Crippen molar-refractivity contribution in [2.45, 2.75) is 44.2 Å². The summed E-state index contributed by atoms with van der Waals surface area (Å²) in [4.78, 5) is 24.0. The zero-order chi connectivity index (χ0) is 12.8. The molecule has 4 N–H and O–H groups in total. The maximum absolute atomic E-state index is 12.0. The molecule has 0 aromatic carbocycles. The third-order valence-electron chi connectivity index (χ3n) is 3.13. The topological polar surface area (TPSA) is 104 Å². The third-order valence-corrected chi connectivity index (χ3v) is 3.13. The molecule has 1 rings (SSSR count). The summed E-state index contributed by atoms with van der Waals surface area (Å²) < 4.78 is 0. The van der Waals surface area contributed by atoms with Gasteiger partial charge in [-0.1, -0.05) is 0 Å². The molecule has 0 spiro atoms. The molecule has 0 heterocycles. The third kappa shape index (κ3) is 3.98. The Kier molecular flexibility index (Phi) is 5.37. The molecule has 17 heavy (non-hydrogen) atoms. The molecule has 98 valence electrons. The summed E-state index contributed by atoms with van der Waals surface area (Å²) in [7, 11) is 0. The van der Waals surface area contributed by atoms with Crippen molar-refractivity contribution in [1.82, 2.24) is 4.90 Å². The van der Waals surface area contributed by atoms with Gasteiger partial charge in [-0.15, -0.1) is 0 Å². The number of aliphatic carboxylic acids is 1. The maximum atomic E-state index is 12.0. The van der Waals surface area contributed by atoms with Crippen LogP contribution < -0.4 is 5.73 Å². The second-order valence-corrected chi connectivity index (χ2v) is 4.38. The minimum absolute atomic E-state index is 0.0894. The Morgan fingerprint density at radius 3 is 2.47 bits per heavy atom. The lowest BCUT2D eigenvalue weighted by molar-refractivity contribution is -0.139. The molecule has 0 aromatic rings. The van der Waals surface area contributed by atoms with Gasteiger partial charge in [0.1, 0.15) is 0 Å². The Balaban J connectivity index is 2.47. The van der Waals surface area contributed by atoms with Crippen LogP contribution in [0.1, 0.15) is 32.1 Å². The van der Waals surface area contributed by atoms with Crippen molar-refractivity contribution in [3.05, 3.63) is 0 Å². The molecule has 1 saturated carbocycles. The number of aliphatic hydroxyl groups excluding tert-OH is 1. The Bertz CT molecular complexity index is 279. The van der Waals surface area contributed by atoms with Gasteiger partial charge < -0.3 is 20.8 Å². The Morgan fingerprint density at radius 1 is 1.41 bits per heavy atom. The number of carboxylic acids is 1. The predicted octanol–water partition coefficient (Wildman–Crippen LogP) is -0.448. The quantitative estimate of drug-likeness (QED) is 0.563. The fraction of sp³-hybridized carbons (Fsp3) is 0.818. The number of carbonyl (C=O) groups excluding carboxylic acids is 1. The Labute approximate surface area is 100 Å². The van der Waals surface area contributed by atoms with E-state index in [1.54, 1.807) is 4.90 Å². The van der Waals surface area contributed by atoms with Crippen LogP contribution in [0.15, 0.2) is 0 Å². The molecular weight excluding hydrogens is 224 g/mol. The molecule has 1 amide bonds. The van der Waals surface area contributed by atoms with Gasteiger partial charge in [0.2, 0.25) is 5.91 Å². The molecule has 6 nitrogen and oxygen atoms in total. The minimum atomic E-state index is -0.953. The molecule has 0 aromatic heterocycles. The fourth-order valence-corrected chi connectivity index (χ4v) is 1.89. The van der Waals surface area contributed by atoms with Crippen LogP contribution in [-0.2, 0) is 9.59 Å². The lowest BCUT2D eigenvalue weighted by Gasteiger charge is -2.38. The number of carboxylic acid groups (broad SMARTS) is 1. The van der Waals surface area contributed by atoms with Gasteiger partial charge in [0, 0.05) is 19.0 Å². The van der Waals surface area contributed by atoms with Crippen molar-refractivity contribution < 1.29 is 19.8 Å². The normalized spacial score (nSPS) is 17.3. The highest BCUT2D eigenvalue weighted by atomic mass is 16.4. The average molecular weight is 244 g/mol. The number of carbonyl (C=O) groups is 2.